The summed E-state index contributed by atoms with van der Waals surface area (Å²) < 4.78 is 85.4. The van der Waals surface area contributed by atoms with Crippen LogP contribution in [0.3, 0.4) is 0 Å². The number of aromatic nitrogens is 2. The van der Waals surface area contributed by atoms with Crippen molar-refractivity contribution in [2.24, 2.45) is 22.8 Å². The number of unbranched alkanes of at least 4 members (excludes halogenated alkanes) is 1. The molecular weight excluding hydrogens is 1130 g/mol. The van der Waals surface area contributed by atoms with E-state index in [0.717, 1.165) is 28.7 Å². The van der Waals surface area contributed by atoms with Crippen molar-refractivity contribution >= 4 is 47.3 Å². The summed E-state index contributed by atoms with van der Waals surface area (Å²) in [6.45, 7) is 10.8. The smallest absolute Gasteiger partial charge is 0.475 e. The van der Waals surface area contributed by atoms with E-state index in [4.69, 9.17) is 45.3 Å². The Labute approximate surface area is 490 Å². The Kier molecular flexibility index (Phi) is 31.0. The van der Waals surface area contributed by atoms with Crippen molar-refractivity contribution in [1.82, 2.24) is 34.9 Å². The fraction of sp³-hybridized carbons (Fsp3) is 0.561. The van der Waals surface area contributed by atoms with Crippen LogP contribution in [0.25, 0.3) is 11.3 Å². The molecule has 8 N–H and O–H groups in total. The number of nitrogens with one attached hydrogen (secondary N) is 2. The molecule has 2 heterocycles. The molecule has 7 amide bonds. The van der Waals surface area contributed by atoms with Crippen molar-refractivity contribution < 1.29 is 89.5 Å². The lowest BCUT2D eigenvalue weighted by atomic mass is 9.84. The topological polar surface area (TPSA) is 318 Å². The molecule has 0 fully saturated rings. The molecule has 0 saturated heterocycles. The minimum atomic E-state index is -5.08. The quantitative estimate of drug-likeness (QED) is 0.0273. The third-order valence-electron chi connectivity index (χ3n) is 12.9. The molecule has 1 aliphatic heterocycles. The molecule has 4 rings (SSSR count). The van der Waals surface area contributed by atoms with Crippen molar-refractivity contribution in [3.05, 3.63) is 89.9 Å². The zero-order valence-electron chi connectivity index (χ0n) is 48.6. The van der Waals surface area contributed by atoms with Crippen LogP contribution in [0, 0.1) is 23.0 Å². The van der Waals surface area contributed by atoms with Crippen LogP contribution in [0.4, 0.5) is 22.0 Å². The lowest BCUT2D eigenvalue weighted by Crippen LogP contribution is -2.57. The number of alkyl halides is 3. The van der Waals surface area contributed by atoms with E-state index >= 15 is 4.39 Å². The number of halogens is 5. The van der Waals surface area contributed by atoms with Crippen molar-refractivity contribution in [1.29, 1.82) is 0 Å². The Bertz CT molecular complexity index is 2650. The monoisotopic (exact) mass is 1210 g/mol. The highest BCUT2D eigenvalue weighted by Gasteiger charge is 2.40. The first kappa shape index (κ1) is 72.0. The van der Waals surface area contributed by atoms with Gasteiger partial charge in [0, 0.05) is 69.5 Å². The lowest BCUT2D eigenvalue weighted by molar-refractivity contribution is -0.192. The summed E-state index contributed by atoms with van der Waals surface area (Å²) in [7, 11) is 0. The molecular formula is C57H80F5N9O14. The number of hydrogen-bond donors (Lipinski definition) is 6. The minimum Gasteiger partial charge on any atom is -0.475 e. The van der Waals surface area contributed by atoms with Crippen molar-refractivity contribution in [2.45, 2.75) is 104 Å². The highest BCUT2D eigenvalue weighted by Crippen LogP contribution is 2.40. The summed E-state index contributed by atoms with van der Waals surface area (Å²) in [6.07, 6.45) is 0.0575. The third kappa shape index (κ3) is 25.1. The second kappa shape index (κ2) is 36.6. The Hall–Kier alpha value is -7.24. The molecule has 28 heteroatoms. The number of aliphatic carboxylic acids is 1. The molecule has 23 nitrogen and oxygen atoms in total. The van der Waals surface area contributed by atoms with Crippen molar-refractivity contribution in [3.8, 4) is 11.3 Å². The normalized spacial score (nSPS) is 13.5. The molecule has 3 atom stereocenters. The van der Waals surface area contributed by atoms with E-state index < -0.39 is 95.3 Å². The van der Waals surface area contributed by atoms with Gasteiger partial charge in [0.1, 0.15) is 36.1 Å². The number of carbonyl (C=O) groups excluding carboxylic acids is 7. The van der Waals surface area contributed by atoms with Gasteiger partial charge in [-0.15, -0.1) is 0 Å². The van der Waals surface area contributed by atoms with E-state index in [1.54, 1.807) is 24.6 Å². The molecule has 0 unspecified atom stereocenters. The molecule has 0 spiro atoms. The maximum absolute atomic E-state index is 15.3. The summed E-state index contributed by atoms with van der Waals surface area (Å²) in [5, 5.41) is 23.0. The number of aliphatic hydroxyl groups is 1. The predicted molar refractivity (Wildman–Crippen MR) is 298 cm³/mol. The molecule has 3 aromatic rings. The fourth-order valence-electron chi connectivity index (χ4n) is 8.71. The second-order valence-corrected chi connectivity index (χ2v) is 20.9. The highest BCUT2D eigenvalue weighted by molar-refractivity contribution is 6.13. The number of nitrogens with two attached hydrogens (primary N) is 2. The van der Waals surface area contributed by atoms with Crippen molar-refractivity contribution in [3.63, 3.8) is 0 Å². The van der Waals surface area contributed by atoms with Gasteiger partial charge in [0.05, 0.1) is 64.6 Å². The number of primary amides is 1. The fourth-order valence-corrected chi connectivity index (χ4v) is 8.71. The number of amides is 7. The van der Waals surface area contributed by atoms with E-state index in [-0.39, 0.29) is 122 Å². The predicted octanol–water partition coefficient (Wildman–Crippen LogP) is 3.65. The van der Waals surface area contributed by atoms with E-state index in [1.807, 2.05) is 51.1 Å². The van der Waals surface area contributed by atoms with E-state index in [0.29, 0.717) is 31.8 Å². The molecule has 0 bridgehead atoms. The number of carbonyl (C=O) groups is 8. The Morgan fingerprint density at radius 2 is 1.35 bits per heavy atom. The average Bonchev–Trinajstić information content (AvgIpc) is 2.57. The standard InChI is InChI=1S/C55H79F2N9O12.C2HF3O2/c1-38(2)50(62-46(69)20-26-75-28-30-77-32-33-78-31-29-76-27-22-60-45(68)19-25-65-47(70)17-18-48(65)71)54(74)64(44(52(59)73)14-9-10-21-58)23-11-24-66(49(72)37-67)51(55(3,4)5)53-61-43(41-34-40(56)15-16-42(41)57)36-63(53)35-39-12-7-6-8-13-39;3-2(4,5)1(6)7/h6-8,12-13,15-18,34,36,38,44,50-51,67H,9-11,14,19-33,35,37,58H2,1-5H3,(H2,59,73)(H,60,68)(H,62,69);(H,6,7)/t44-,50-,51-;/m0./s1. The van der Waals surface area contributed by atoms with Crippen LogP contribution >= 0.6 is 0 Å². The molecule has 1 aliphatic rings. The third-order valence-corrected chi connectivity index (χ3v) is 12.9. The van der Waals surface area contributed by atoms with E-state index in [2.05, 4.69) is 10.6 Å². The van der Waals surface area contributed by atoms with Gasteiger partial charge in [-0.3, -0.25) is 38.5 Å². The maximum atomic E-state index is 15.3. The Balaban J connectivity index is 0.00000253. The maximum Gasteiger partial charge on any atom is 0.490 e. The second-order valence-electron chi connectivity index (χ2n) is 20.9. The number of rotatable bonds is 37. The first-order valence-corrected chi connectivity index (χ1v) is 27.7. The SMILES string of the molecule is CC(C)[C@H](NC(=O)CCOCCOCCOCCOCCNC(=O)CCN1C(=O)C=CC1=O)C(=O)N(CCCN(C(=O)CO)[C@@H](c1nc(-c2cc(F)ccc2F)cn1Cc1ccccc1)C(C)(C)C)[C@@H](CCCCN)C(N)=O.O=C(O)C(F)(F)F. The number of carboxylic acid groups (broad SMARTS) is 1. The lowest BCUT2D eigenvalue weighted by Gasteiger charge is -2.40. The number of nitrogens with zero attached hydrogens (tertiary/aromatic N) is 5. The number of ether oxygens (including phenoxy) is 4. The number of hydrogen-bond acceptors (Lipinski definition) is 15. The average molecular weight is 1210 g/mol. The van der Waals surface area contributed by atoms with Gasteiger partial charge in [0.25, 0.3) is 11.8 Å². The number of carboxylic acids is 1. The molecule has 0 radical (unpaired) electrons. The zero-order valence-corrected chi connectivity index (χ0v) is 48.6. The van der Waals surface area contributed by atoms with Crippen LogP contribution in [0.2, 0.25) is 0 Å². The molecule has 472 valence electrons. The van der Waals surface area contributed by atoms with Crippen LogP contribution in [0.15, 0.2) is 66.9 Å². The summed E-state index contributed by atoms with van der Waals surface area (Å²) in [5.41, 5.74) is 11.9. The highest BCUT2D eigenvalue weighted by atomic mass is 19.4. The van der Waals surface area contributed by atoms with Gasteiger partial charge < -0.3 is 65.6 Å². The van der Waals surface area contributed by atoms with Crippen LogP contribution in [-0.2, 0) is 63.8 Å². The molecule has 0 saturated carbocycles. The molecule has 0 aliphatic carbocycles. The summed E-state index contributed by atoms with van der Waals surface area (Å²) in [4.78, 5) is 108. The largest absolute Gasteiger partial charge is 0.490 e. The van der Waals surface area contributed by atoms with Gasteiger partial charge >= 0.3 is 12.1 Å². The summed E-state index contributed by atoms with van der Waals surface area (Å²) >= 11 is 0. The van der Waals surface area contributed by atoms with Gasteiger partial charge in [-0.05, 0) is 67.3 Å². The minimum absolute atomic E-state index is 0.00570. The zero-order chi connectivity index (χ0) is 63.3. The molecule has 2 aromatic carbocycles. The van der Waals surface area contributed by atoms with Crippen LogP contribution < -0.4 is 22.1 Å². The van der Waals surface area contributed by atoms with Gasteiger partial charge in [-0.2, -0.15) is 13.2 Å². The van der Waals surface area contributed by atoms with Crippen molar-refractivity contribution in [2.75, 3.05) is 92.2 Å². The number of aliphatic hydroxyl groups excluding tert-OH is 1. The van der Waals surface area contributed by atoms with E-state index in [1.165, 1.54) is 22.0 Å². The van der Waals surface area contributed by atoms with Gasteiger partial charge in [-0.1, -0.05) is 65.0 Å². The summed E-state index contributed by atoms with van der Waals surface area (Å²) in [6, 6.07) is 9.43. The van der Waals surface area contributed by atoms with Crippen LogP contribution in [0.1, 0.15) is 90.6 Å². The van der Waals surface area contributed by atoms with E-state index in [9.17, 15) is 56.2 Å². The van der Waals surface area contributed by atoms with Crippen LogP contribution in [0.5, 0.6) is 0 Å². The molecule has 1 aromatic heterocycles. The first-order chi connectivity index (χ1) is 40.2. The Morgan fingerprint density at radius 1 is 0.776 bits per heavy atom. The Morgan fingerprint density at radius 3 is 1.89 bits per heavy atom. The van der Waals surface area contributed by atoms with Gasteiger partial charge in [0.15, 0.2) is 0 Å². The molecule has 85 heavy (non-hydrogen) atoms. The van der Waals surface area contributed by atoms with Gasteiger partial charge in [-0.25, -0.2) is 18.6 Å². The summed E-state index contributed by atoms with van der Waals surface area (Å²) in [5.74, 6) is -7.85. The first-order valence-electron chi connectivity index (χ1n) is 27.7. The van der Waals surface area contributed by atoms with Crippen LogP contribution in [-0.4, -0.2) is 192 Å². The number of imide groups is 1. The van der Waals surface area contributed by atoms with Gasteiger partial charge in [0.2, 0.25) is 29.5 Å². The number of imidazole rings is 1. The number of benzene rings is 2.